The van der Waals surface area contributed by atoms with Crippen molar-refractivity contribution in [3.63, 3.8) is 0 Å². The maximum absolute atomic E-state index is 11.8. The number of benzene rings is 1. The lowest BCUT2D eigenvalue weighted by Gasteiger charge is -2.18. The molecule has 2 N–H and O–H groups in total. The van der Waals surface area contributed by atoms with Gasteiger partial charge < -0.3 is 14.7 Å². The van der Waals surface area contributed by atoms with Crippen LogP contribution < -0.4 is 15.0 Å². The first-order valence-electron chi connectivity index (χ1n) is 8.38. The van der Waals surface area contributed by atoms with Crippen molar-refractivity contribution in [2.24, 2.45) is 0 Å². The summed E-state index contributed by atoms with van der Waals surface area (Å²) in [4.78, 5) is 28.3. The van der Waals surface area contributed by atoms with Crippen molar-refractivity contribution < 1.29 is 19.4 Å². The Labute approximate surface area is 162 Å². The van der Waals surface area contributed by atoms with Gasteiger partial charge in [-0.25, -0.2) is 4.98 Å². The van der Waals surface area contributed by atoms with Gasteiger partial charge in [-0.15, -0.1) is 0 Å². The van der Waals surface area contributed by atoms with Crippen molar-refractivity contribution in [3.05, 3.63) is 48.2 Å². The van der Waals surface area contributed by atoms with Gasteiger partial charge in [0.05, 0.1) is 18.0 Å². The quantitative estimate of drug-likeness (QED) is 0.599. The summed E-state index contributed by atoms with van der Waals surface area (Å²) < 4.78 is 5.74. The fraction of sp³-hybridized carbons (Fsp3) is 0.316. The van der Waals surface area contributed by atoms with E-state index in [1.54, 1.807) is 12.1 Å². The van der Waals surface area contributed by atoms with Crippen molar-refractivity contribution in [1.29, 1.82) is 0 Å². The van der Waals surface area contributed by atoms with E-state index in [1.807, 2.05) is 42.5 Å². The van der Waals surface area contributed by atoms with Crippen LogP contribution in [-0.2, 0) is 16.0 Å². The molecule has 0 saturated carbocycles. The first kappa shape index (κ1) is 20.6. The van der Waals surface area contributed by atoms with Crippen LogP contribution in [0.5, 0.6) is 11.5 Å². The Morgan fingerprint density at radius 2 is 2.07 bits per heavy atom. The molecule has 0 aliphatic carbocycles. The second-order valence-electron chi connectivity index (χ2n) is 5.84. The summed E-state index contributed by atoms with van der Waals surface area (Å²) in [6.07, 6.45) is 4.19. The van der Waals surface area contributed by atoms with E-state index in [1.165, 1.54) is 18.0 Å². The highest BCUT2D eigenvalue weighted by atomic mass is 32.2. The minimum absolute atomic E-state index is 0.135. The number of thioether (sulfide) groups is 1. The number of ether oxygens (including phenoxy) is 1. The predicted molar refractivity (Wildman–Crippen MR) is 106 cm³/mol. The average Bonchev–Trinajstić information content (AvgIpc) is 2.67. The molecule has 1 atom stereocenters. The predicted octanol–water partition coefficient (Wildman–Crippen LogP) is 1.85. The largest absolute Gasteiger partial charge is 0.506 e. The van der Waals surface area contributed by atoms with E-state index in [9.17, 15) is 14.7 Å². The Hall–Kier alpha value is -2.74. The van der Waals surface area contributed by atoms with Gasteiger partial charge in [0.2, 0.25) is 12.3 Å². The van der Waals surface area contributed by atoms with Gasteiger partial charge in [-0.1, -0.05) is 12.1 Å². The normalized spacial score (nSPS) is 11.5. The number of nitrogens with one attached hydrogen (secondary N) is 1. The molecular formula is C19H23N3O4S. The topological polar surface area (TPSA) is 91.8 Å². The van der Waals surface area contributed by atoms with E-state index in [4.69, 9.17) is 4.74 Å². The number of pyridine rings is 1. The molecule has 7 nitrogen and oxygen atoms in total. The number of carbonyl (C=O) groups is 2. The van der Waals surface area contributed by atoms with Crippen molar-refractivity contribution in [2.75, 3.05) is 31.4 Å². The van der Waals surface area contributed by atoms with Crippen LogP contribution in [0.1, 0.15) is 5.56 Å². The Morgan fingerprint density at radius 1 is 1.33 bits per heavy atom. The van der Waals surface area contributed by atoms with Crippen LogP contribution in [0.4, 0.5) is 5.82 Å². The number of hydrogen-bond acceptors (Lipinski definition) is 7. The molecule has 0 radical (unpaired) electrons. The fourth-order valence-electron chi connectivity index (χ4n) is 2.39. The molecule has 2 aromatic rings. The van der Waals surface area contributed by atoms with Gasteiger partial charge in [0.1, 0.15) is 23.9 Å². The van der Waals surface area contributed by atoms with Crippen LogP contribution in [0, 0.1) is 0 Å². The smallest absolute Gasteiger partial charge is 0.239 e. The van der Waals surface area contributed by atoms with Crippen LogP contribution >= 0.6 is 11.8 Å². The first-order valence-corrected chi connectivity index (χ1v) is 9.67. The zero-order valence-corrected chi connectivity index (χ0v) is 16.1. The SMILES string of the molecule is CSC(Cc1ccc(OCCN(C)c2ccc(O)cn2)cc1)C(=O)NC=O. The minimum Gasteiger partial charge on any atom is -0.506 e. The Morgan fingerprint density at radius 3 is 2.67 bits per heavy atom. The minimum atomic E-state index is -0.312. The number of amides is 2. The molecule has 27 heavy (non-hydrogen) atoms. The standard InChI is InChI=1S/C19H23N3O4S/c1-22(18-8-5-15(24)12-20-18)9-10-26-16-6-3-14(4-7-16)11-17(27-2)19(25)21-13-23/h3-8,12-13,17,24H,9-11H2,1-2H3,(H,21,23,25). The van der Waals surface area contributed by atoms with Crippen molar-refractivity contribution in [1.82, 2.24) is 10.3 Å². The highest BCUT2D eigenvalue weighted by molar-refractivity contribution is 7.99. The zero-order valence-electron chi connectivity index (χ0n) is 15.3. The highest BCUT2D eigenvalue weighted by Crippen LogP contribution is 2.18. The molecule has 2 amide bonds. The van der Waals surface area contributed by atoms with Crippen LogP contribution in [0.15, 0.2) is 42.6 Å². The number of imide groups is 1. The molecule has 0 fully saturated rings. The Balaban J connectivity index is 1.82. The summed E-state index contributed by atoms with van der Waals surface area (Å²) in [6, 6.07) is 10.9. The summed E-state index contributed by atoms with van der Waals surface area (Å²) >= 11 is 1.40. The van der Waals surface area contributed by atoms with Crippen LogP contribution in [0.25, 0.3) is 0 Å². The maximum Gasteiger partial charge on any atom is 0.239 e. The van der Waals surface area contributed by atoms with Crippen LogP contribution in [-0.4, -0.2) is 54.1 Å². The summed E-state index contributed by atoms with van der Waals surface area (Å²) in [5, 5.41) is 11.2. The molecule has 1 aromatic carbocycles. The molecule has 0 aliphatic heterocycles. The molecular weight excluding hydrogens is 366 g/mol. The third-order valence-electron chi connectivity index (χ3n) is 3.94. The molecule has 0 spiro atoms. The number of nitrogens with zero attached hydrogens (tertiary/aromatic N) is 2. The lowest BCUT2D eigenvalue weighted by Crippen LogP contribution is -2.32. The molecule has 0 saturated heterocycles. The third kappa shape index (κ3) is 6.49. The number of aromatic hydroxyl groups is 1. The van der Waals surface area contributed by atoms with Gasteiger partial charge >= 0.3 is 0 Å². The van der Waals surface area contributed by atoms with Crippen LogP contribution in [0.2, 0.25) is 0 Å². The van der Waals surface area contributed by atoms with Gasteiger partial charge in [0.25, 0.3) is 0 Å². The van der Waals surface area contributed by atoms with Gasteiger partial charge in [0.15, 0.2) is 0 Å². The van der Waals surface area contributed by atoms with Crippen molar-refractivity contribution in [3.8, 4) is 11.5 Å². The van der Waals surface area contributed by atoms with E-state index < -0.39 is 0 Å². The zero-order chi connectivity index (χ0) is 19.6. The van der Waals surface area contributed by atoms with Crippen molar-refractivity contribution >= 4 is 29.9 Å². The Kier molecular flexibility index (Phi) is 7.94. The second kappa shape index (κ2) is 10.4. The molecule has 144 valence electrons. The van der Waals surface area contributed by atoms with E-state index in [0.29, 0.717) is 26.0 Å². The fourth-order valence-corrected chi connectivity index (χ4v) is 3.03. The summed E-state index contributed by atoms with van der Waals surface area (Å²) in [6.45, 7) is 1.12. The number of likely N-dealkylation sites (N-methyl/N-ethyl adjacent to an activating group) is 1. The van der Waals surface area contributed by atoms with E-state index >= 15 is 0 Å². The summed E-state index contributed by atoms with van der Waals surface area (Å²) in [5.74, 6) is 1.34. The van der Waals surface area contributed by atoms with Gasteiger partial charge in [-0.05, 0) is 42.5 Å². The molecule has 1 unspecified atom stereocenters. The average molecular weight is 389 g/mol. The number of hydrogen-bond donors (Lipinski definition) is 2. The number of aromatic nitrogens is 1. The van der Waals surface area contributed by atoms with Crippen molar-refractivity contribution in [2.45, 2.75) is 11.7 Å². The Bertz CT molecular complexity index is 738. The van der Waals surface area contributed by atoms with Gasteiger partial charge in [-0.3, -0.25) is 14.9 Å². The number of anilines is 1. The molecule has 0 aliphatic rings. The molecule has 0 bridgehead atoms. The summed E-state index contributed by atoms with van der Waals surface area (Å²) in [5.41, 5.74) is 0.994. The molecule has 2 rings (SSSR count). The van der Waals surface area contributed by atoms with E-state index in [2.05, 4.69) is 10.3 Å². The highest BCUT2D eigenvalue weighted by Gasteiger charge is 2.17. The van der Waals surface area contributed by atoms with Crippen LogP contribution in [0.3, 0.4) is 0 Å². The second-order valence-corrected chi connectivity index (χ2v) is 6.88. The van der Waals surface area contributed by atoms with E-state index in [0.717, 1.165) is 17.1 Å². The summed E-state index contributed by atoms with van der Waals surface area (Å²) in [7, 11) is 1.90. The maximum atomic E-state index is 11.8. The lowest BCUT2D eigenvalue weighted by atomic mass is 10.1. The first-order chi connectivity index (χ1) is 13.0. The molecule has 1 heterocycles. The molecule has 8 heteroatoms. The van der Waals surface area contributed by atoms with Gasteiger partial charge in [0, 0.05) is 7.05 Å². The lowest BCUT2D eigenvalue weighted by molar-refractivity contribution is -0.124. The molecule has 1 aromatic heterocycles. The monoisotopic (exact) mass is 389 g/mol. The third-order valence-corrected chi connectivity index (χ3v) is 4.89. The van der Waals surface area contributed by atoms with Gasteiger partial charge in [-0.2, -0.15) is 11.8 Å². The van der Waals surface area contributed by atoms with E-state index in [-0.39, 0.29) is 16.9 Å². The number of rotatable bonds is 10. The number of carbonyl (C=O) groups excluding carboxylic acids is 2.